The second-order valence-electron chi connectivity index (χ2n) is 5.89. The van der Waals surface area contributed by atoms with Crippen molar-refractivity contribution < 1.29 is 9.66 Å². The third-order valence-corrected chi connectivity index (χ3v) is 4.40. The molecule has 2 aliphatic rings. The van der Waals surface area contributed by atoms with Crippen molar-refractivity contribution in [2.24, 2.45) is 0 Å². The van der Waals surface area contributed by atoms with Gasteiger partial charge in [-0.1, -0.05) is 6.07 Å². The number of nitrogens with zero attached hydrogens (tertiary/aromatic N) is 2. The lowest BCUT2D eigenvalue weighted by atomic mass is 10.1. The minimum absolute atomic E-state index is 0.153. The molecule has 0 radical (unpaired) electrons. The van der Waals surface area contributed by atoms with Gasteiger partial charge >= 0.3 is 0 Å². The maximum Gasteiger partial charge on any atom is 0.274 e. The maximum absolute atomic E-state index is 11.0. The van der Waals surface area contributed by atoms with E-state index >= 15 is 0 Å². The molecule has 2 fully saturated rings. The minimum atomic E-state index is -0.341. The quantitative estimate of drug-likeness (QED) is 0.680. The molecule has 21 heavy (non-hydrogen) atoms. The number of aryl methyl sites for hydroxylation is 1. The lowest BCUT2D eigenvalue weighted by molar-refractivity contribution is -0.385. The Bertz CT molecular complexity index is 535. The summed E-state index contributed by atoms with van der Waals surface area (Å²) in [6.45, 7) is 5.36. The molecule has 0 amide bonds. The van der Waals surface area contributed by atoms with E-state index in [-0.39, 0.29) is 16.7 Å². The molecule has 0 aromatic heterocycles. The van der Waals surface area contributed by atoms with Gasteiger partial charge in [0.2, 0.25) is 0 Å². The summed E-state index contributed by atoms with van der Waals surface area (Å²) in [5, 5.41) is 14.2. The first-order valence-electron chi connectivity index (χ1n) is 7.48. The standard InChI is InChI=1S/C15H21N3O3/c1-11-4-5-12(7-15(11)18(19)20)16-8-14-9-17-6-2-3-13(17)10-21-14/h4-5,7,13-14,16H,2-3,6,8-10H2,1H3. The molecule has 6 heteroatoms. The number of fused-ring (bicyclic) bond motifs is 1. The van der Waals surface area contributed by atoms with Crippen LogP contribution in [0.3, 0.4) is 0 Å². The molecule has 114 valence electrons. The predicted octanol–water partition coefficient (Wildman–Crippen LogP) is 2.18. The molecule has 3 rings (SSSR count). The zero-order chi connectivity index (χ0) is 14.8. The Labute approximate surface area is 124 Å². The Morgan fingerprint density at radius 3 is 3.19 bits per heavy atom. The number of morpholine rings is 1. The number of hydrogen-bond donors (Lipinski definition) is 1. The Hall–Kier alpha value is -1.66. The molecule has 1 aromatic rings. The van der Waals surface area contributed by atoms with Crippen LogP contribution < -0.4 is 5.32 Å². The van der Waals surface area contributed by atoms with E-state index in [1.54, 1.807) is 19.1 Å². The monoisotopic (exact) mass is 291 g/mol. The molecule has 2 atom stereocenters. The summed E-state index contributed by atoms with van der Waals surface area (Å²) in [5.41, 5.74) is 1.61. The Morgan fingerprint density at radius 2 is 2.38 bits per heavy atom. The first kappa shape index (κ1) is 14.3. The molecule has 0 bridgehead atoms. The van der Waals surface area contributed by atoms with Crippen molar-refractivity contribution in [3.8, 4) is 0 Å². The van der Waals surface area contributed by atoms with Crippen molar-refractivity contribution in [3.05, 3.63) is 33.9 Å². The van der Waals surface area contributed by atoms with E-state index in [4.69, 9.17) is 4.74 Å². The van der Waals surface area contributed by atoms with Crippen molar-refractivity contribution in [1.82, 2.24) is 4.90 Å². The topological polar surface area (TPSA) is 67.6 Å². The SMILES string of the molecule is Cc1ccc(NCC2CN3CCCC3CO2)cc1[N+](=O)[O-]. The van der Waals surface area contributed by atoms with Crippen LogP contribution in [0.15, 0.2) is 18.2 Å². The molecule has 0 saturated carbocycles. The number of ether oxygens (including phenoxy) is 1. The second-order valence-corrected chi connectivity index (χ2v) is 5.89. The highest BCUT2D eigenvalue weighted by Gasteiger charge is 2.31. The highest BCUT2D eigenvalue weighted by Crippen LogP contribution is 2.24. The van der Waals surface area contributed by atoms with Crippen LogP contribution in [0.25, 0.3) is 0 Å². The Kier molecular flexibility index (Phi) is 4.07. The molecule has 0 aliphatic carbocycles. The fourth-order valence-electron chi connectivity index (χ4n) is 3.16. The van der Waals surface area contributed by atoms with Crippen LogP contribution in [0, 0.1) is 17.0 Å². The molecule has 1 aromatic carbocycles. The third kappa shape index (κ3) is 3.16. The average molecular weight is 291 g/mol. The fourth-order valence-corrected chi connectivity index (χ4v) is 3.16. The van der Waals surface area contributed by atoms with Gasteiger partial charge in [0.15, 0.2) is 0 Å². The number of nitro benzene ring substituents is 1. The molecule has 6 nitrogen and oxygen atoms in total. The second kappa shape index (κ2) is 5.99. The largest absolute Gasteiger partial charge is 0.382 e. The number of nitro groups is 1. The molecular formula is C15H21N3O3. The molecule has 1 N–H and O–H groups in total. The van der Waals surface area contributed by atoms with E-state index in [0.29, 0.717) is 18.2 Å². The lowest BCUT2D eigenvalue weighted by Crippen LogP contribution is -2.48. The van der Waals surface area contributed by atoms with E-state index in [1.807, 2.05) is 6.07 Å². The van der Waals surface area contributed by atoms with Gasteiger partial charge in [-0.15, -0.1) is 0 Å². The number of hydrogen-bond acceptors (Lipinski definition) is 5. The number of rotatable bonds is 4. The van der Waals surface area contributed by atoms with Gasteiger partial charge in [-0.3, -0.25) is 15.0 Å². The predicted molar refractivity (Wildman–Crippen MR) is 80.7 cm³/mol. The molecule has 2 heterocycles. The molecule has 2 saturated heterocycles. The fraction of sp³-hybridized carbons (Fsp3) is 0.600. The Morgan fingerprint density at radius 1 is 1.52 bits per heavy atom. The van der Waals surface area contributed by atoms with Gasteiger partial charge in [0.25, 0.3) is 5.69 Å². The van der Waals surface area contributed by atoms with Crippen LogP contribution in [0.4, 0.5) is 11.4 Å². The molecule has 0 spiro atoms. The summed E-state index contributed by atoms with van der Waals surface area (Å²) in [5.74, 6) is 0. The highest BCUT2D eigenvalue weighted by molar-refractivity contribution is 5.54. The summed E-state index contributed by atoms with van der Waals surface area (Å²) in [6, 6.07) is 5.85. The Balaban J connectivity index is 1.58. The van der Waals surface area contributed by atoms with Crippen molar-refractivity contribution in [3.63, 3.8) is 0 Å². The van der Waals surface area contributed by atoms with Crippen molar-refractivity contribution in [2.75, 3.05) is 31.6 Å². The van der Waals surface area contributed by atoms with E-state index in [2.05, 4.69) is 10.2 Å². The summed E-state index contributed by atoms with van der Waals surface area (Å²) in [7, 11) is 0. The third-order valence-electron chi connectivity index (χ3n) is 4.40. The molecule has 2 unspecified atom stereocenters. The van der Waals surface area contributed by atoms with Crippen LogP contribution in [-0.2, 0) is 4.74 Å². The zero-order valence-electron chi connectivity index (χ0n) is 12.2. The smallest absolute Gasteiger partial charge is 0.274 e. The van der Waals surface area contributed by atoms with Crippen LogP contribution >= 0.6 is 0 Å². The van der Waals surface area contributed by atoms with Gasteiger partial charge in [-0.25, -0.2) is 0 Å². The summed E-state index contributed by atoms with van der Waals surface area (Å²) in [6.07, 6.45) is 2.66. The van der Waals surface area contributed by atoms with E-state index in [0.717, 1.165) is 18.8 Å². The average Bonchev–Trinajstić information content (AvgIpc) is 2.93. The molecule has 2 aliphatic heterocycles. The van der Waals surface area contributed by atoms with Gasteiger partial charge in [0, 0.05) is 36.4 Å². The summed E-state index contributed by atoms with van der Waals surface area (Å²) < 4.78 is 5.88. The van der Waals surface area contributed by atoms with E-state index < -0.39 is 0 Å². The zero-order valence-corrected chi connectivity index (χ0v) is 12.2. The van der Waals surface area contributed by atoms with Gasteiger partial charge in [0.1, 0.15) is 0 Å². The van der Waals surface area contributed by atoms with Crippen LogP contribution in [0.5, 0.6) is 0 Å². The number of nitrogens with one attached hydrogen (secondary N) is 1. The first-order valence-corrected chi connectivity index (χ1v) is 7.48. The van der Waals surface area contributed by atoms with Crippen molar-refractivity contribution in [1.29, 1.82) is 0 Å². The molecular weight excluding hydrogens is 270 g/mol. The van der Waals surface area contributed by atoms with Crippen LogP contribution in [0.2, 0.25) is 0 Å². The number of benzene rings is 1. The maximum atomic E-state index is 11.0. The summed E-state index contributed by atoms with van der Waals surface area (Å²) >= 11 is 0. The number of anilines is 1. The normalized spacial score (nSPS) is 25.6. The van der Waals surface area contributed by atoms with E-state index in [9.17, 15) is 10.1 Å². The minimum Gasteiger partial charge on any atom is -0.382 e. The van der Waals surface area contributed by atoms with Gasteiger partial charge < -0.3 is 10.1 Å². The van der Waals surface area contributed by atoms with E-state index in [1.165, 1.54) is 19.4 Å². The van der Waals surface area contributed by atoms with Crippen LogP contribution in [0.1, 0.15) is 18.4 Å². The van der Waals surface area contributed by atoms with Crippen molar-refractivity contribution in [2.45, 2.75) is 31.9 Å². The lowest BCUT2D eigenvalue weighted by Gasteiger charge is -2.35. The van der Waals surface area contributed by atoms with Gasteiger partial charge in [0.05, 0.1) is 17.6 Å². The summed E-state index contributed by atoms with van der Waals surface area (Å²) in [4.78, 5) is 13.1. The highest BCUT2D eigenvalue weighted by atomic mass is 16.6. The van der Waals surface area contributed by atoms with Gasteiger partial charge in [-0.05, 0) is 32.4 Å². The van der Waals surface area contributed by atoms with Crippen molar-refractivity contribution >= 4 is 11.4 Å². The first-order chi connectivity index (χ1) is 10.1. The van der Waals surface area contributed by atoms with Crippen LogP contribution in [-0.4, -0.2) is 48.2 Å². The van der Waals surface area contributed by atoms with Gasteiger partial charge in [-0.2, -0.15) is 0 Å².